The fourth-order valence-corrected chi connectivity index (χ4v) is 4.76. The number of hydrogen-bond donors (Lipinski definition) is 1. The SMILES string of the molecule is CCCCCCCCCCCCCCCC(O)(CCCCCCCC)S(=O)(=O)[O-].[K+]. The van der Waals surface area contributed by atoms with E-state index in [9.17, 15) is 18.1 Å². The van der Waals surface area contributed by atoms with Gasteiger partial charge in [0.2, 0.25) is 0 Å². The topological polar surface area (TPSA) is 77.4 Å². The van der Waals surface area contributed by atoms with Crippen molar-refractivity contribution >= 4 is 10.1 Å². The van der Waals surface area contributed by atoms with Crippen molar-refractivity contribution in [3.05, 3.63) is 0 Å². The van der Waals surface area contributed by atoms with Crippen molar-refractivity contribution < 1.29 is 69.5 Å². The van der Waals surface area contributed by atoms with Crippen LogP contribution in [0.1, 0.15) is 149 Å². The van der Waals surface area contributed by atoms with Crippen molar-refractivity contribution in [2.24, 2.45) is 0 Å². The van der Waals surface area contributed by atoms with E-state index < -0.39 is 15.1 Å². The van der Waals surface area contributed by atoms with Crippen LogP contribution in [0.4, 0.5) is 0 Å². The van der Waals surface area contributed by atoms with Crippen LogP contribution in [0.25, 0.3) is 0 Å². The summed E-state index contributed by atoms with van der Waals surface area (Å²) in [7, 11) is -4.67. The normalized spacial score (nSPS) is 13.7. The summed E-state index contributed by atoms with van der Waals surface area (Å²) in [6.45, 7) is 4.40. The molecule has 0 aliphatic heterocycles. The molecule has 4 nitrogen and oxygen atoms in total. The van der Waals surface area contributed by atoms with E-state index in [0.717, 1.165) is 44.9 Å². The third kappa shape index (κ3) is 19.0. The first-order valence-corrected chi connectivity index (χ1v) is 14.0. The molecule has 0 amide bonds. The summed E-state index contributed by atoms with van der Waals surface area (Å²) in [4.78, 5) is -2.06. The Balaban J connectivity index is 0. The van der Waals surface area contributed by atoms with Gasteiger partial charge in [0.05, 0.1) is 0 Å². The van der Waals surface area contributed by atoms with Crippen LogP contribution >= 0.6 is 0 Å². The molecule has 0 saturated carbocycles. The molecular formula is C24H49KO4S. The van der Waals surface area contributed by atoms with Crippen molar-refractivity contribution in [2.45, 2.75) is 154 Å². The third-order valence-electron chi connectivity index (χ3n) is 6.06. The van der Waals surface area contributed by atoms with E-state index in [1.165, 1.54) is 64.2 Å². The maximum Gasteiger partial charge on any atom is 1.00 e. The molecule has 0 aromatic carbocycles. The molecule has 0 rings (SSSR count). The van der Waals surface area contributed by atoms with Crippen LogP contribution in [-0.4, -0.2) is 23.0 Å². The molecule has 6 heteroatoms. The fourth-order valence-electron chi connectivity index (χ4n) is 3.98. The molecule has 0 saturated heterocycles. The summed E-state index contributed by atoms with van der Waals surface area (Å²) in [5.41, 5.74) is 0. The standard InChI is InChI=1S/C24H50O4S.K/c1-3-5-7-9-11-12-13-14-15-16-17-19-21-23-24(25,29(26,27)28)22-20-18-10-8-6-4-2;/h25H,3-23H2,1-2H3,(H,26,27,28);/q;+1/p-1. The predicted molar refractivity (Wildman–Crippen MR) is 123 cm³/mol. The Bertz CT molecular complexity index is 456. The van der Waals surface area contributed by atoms with Crippen molar-refractivity contribution in [1.82, 2.24) is 0 Å². The van der Waals surface area contributed by atoms with Gasteiger partial charge in [0.1, 0.15) is 10.1 Å². The first-order valence-electron chi connectivity index (χ1n) is 12.5. The summed E-state index contributed by atoms with van der Waals surface area (Å²) in [6, 6.07) is 0. The average molecular weight is 473 g/mol. The van der Waals surface area contributed by atoms with E-state index in [-0.39, 0.29) is 64.2 Å². The molecule has 30 heavy (non-hydrogen) atoms. The van der Waals surface area contributed by atoms with Crippen molar-refractivity contribution in [1.29, 1.82) is 0 Å². The van der Waals surface area contributed by atoms with Crippen LogP contribution in [0, 0.1) is 0 Å². The number of aliphatic hydroxyl groups is 1. The summed E-state index contributed by atoms with van der Waals surface area (Å²) in [5.74, 6) is 0. The van der Waals surface area contributed by atoms with Gasteiger partial charge in [0, 0.05) is 0 Å². The van der Waals surface area contributed by atoms with E-state index in [1.54, 1.807) is 0 Å². The summed E-state index contributed by atoms with van der Waals surface area (Å²) < 4.78 is 34.7. The molecule has 0 radical (unpaired) electrons. The van der Waals surface area contributed by atoms with Gasteiger partial charge < -0.3 is 9.66 Å². The molecule has 0 bridgehead atoms. The van der Waals surface area contributed by atoms with Crippen LogP contribution in [0.5, 0.6) is 0 Å². The summed E-state index contributed by atoms with van der Waals surface area (Å²) in [6.07, 6.45) is 21.9. The fraction of sp³-hybridized carbons (Fsp3) is 1.00. The molecule has 1 N–H and O–H groups in total. The Morgan fingerprint density at radius 1 is 0.567 bits per heavy atom. The molecule has 1 atom stereocenters. The van der Waals surface area contributed by atoms with Gasteiger partial charge in [-0.25, -0.2) is 8.42 Å². The molecule has 0 aliphatic carbocycles. The molecular weight excluding hydrogens is 423 g/mol. The van der Waals surface area contributed by atoms with Gasteiger partial charge in [-0.15, -0.1) is 0 Å². The Morgan fingerprint density at radius 2 is 0.800 bits per heavy atom. The van der Waals surface area contributed by atoms with Crippen LogP contribution < -0.4 is 51.4 Å². The van der Waals surface area contributed by atoms with Crippen LogP contribution in [0.15, 0.2) is 0 Å². The second-order valence-corrected chi connectivity index (χ2v) is 10.6. The van der Waals surface area contributed by atoms with Gasteiger partial charge in [-0.3, -0.25) is 0 Å². The minimum Gasteiger partial charge on any atom is -0.746 e. The largest absolute Gasteiger partial charge is 1.00 e. The third-order valence-corrected chi connectivity index (χ3v) is 7.40. The van der Waals surface area contributed by atoms with Gasteiger partial charge in [-0.05, 0) is 25.7 Å². The monoisotopic (exact) mass is 472 g/mol. The molecule has 0 aliphatic rings. The quantitative estimate of drug-likeness (QED) is 0.143. The number of hydrogen-bond acceptors (Lipinski definition) is 4. The first kappa shape index (κ1) is 33.7. The van der Waals surface area contributed by atoms with Crippen LogP contribution in [0.3, 0.4) is 0 Å². The number of unbranched alkanes of at least 4 members (excludes halogenated alkanes) is 17. The Kier molecular flexibility index (Phi) is 25.0. The molecule has 176 valence electrons. The van der Waals surface area contributed by atoms with Crippen molar-refractivity contribution in [3.8, 4) is 0 Å². The molecule has 0 aromatic heterocycles. The minimum atomic E-state index is -4.67. The van der Waals surface area contributed by atoms with Crippen molar-refractivity contribution in [3.63, 3.8) is 0 Å². The minimum absolute atomic E-state index is 0. The van der Waals surface area contributed by atoms with Crippen LogP contribution in [0.2, 0.25) is 0 Å². The smallest absolute Gasteiger partial charge is 0.746 e. The second-order valence-electron chi connectivity index (χ2n) is 8.91. The maximum atomic E-state index is 11.6. The molecule has 0 heterocycles. The number of rotatable bonds is 22. The maximum absolute atomic E-state index is 11.6. The van der Waals surface area contributed by atoms with Gasteiger partial charge in [0.25, 0.3) is 0 Å². The van der Waals surface area contributed by atoms with E-state index in [1.807, 2.05) is 0 Å². The van der Waals surface area contributed by atoms with Crippen LogP contribution in [-0.2, 0) is 10.1 Å². The van der Waals surface area contributed by atoms with Gasteiger partial charge >= 0.3 is 51.4 Å². The van der Waals surface area contributed by atoms with E-state index in [0.29, 0.717) is 12.8 Å². The Labute approximate surface area is 230 Å². The average Bonchev–Trinajstić information content (AvgIpc) is 2.67. The summed E-state index contributed by atoms with van der Waals surface area (Å²) in [5, 5.41) is 10.4. The van der Waals surface area contributed by atoms with Gasteiger partial charge in [-0.1, -0.05) is 123 Å². The molecule has 0 spiro atoms. The van der Waals surface area contributed by atoms with E-state index >= 15 is 0 Å². The van der Waals surface area contributed by atoms with E-state index in [2.05, 4.69) is 13.8 Å². The van der Waals surface area contributed by atoms with Crippen molar-refractivity contribution in [2.75, 3.05) is 0 Å². The van der Waals surface area contributed by atoms with E-state index in [4.69, 9.17) is 0 Å². The second kappa shape index (κ2) is 22.3. The molecule has 1 unspecified atom stereocenters. The zero-order valence-corrected chi connectivity index (χ0v) is 24.4. The van der Waals surface area contributed by atoms with Gasteiger partial charge in [-0.2, -0.15) is 0 Å². The molecule has 0 aromatic rings. The van der Waals surface area contributed by atoms with Gasteiger partial charge in [0.15, 0.2) is 4.93 Å². The Morgan fingerprint density at radius 3 is 1.03 bits per heavy atom. The zero-order valence-electron chi connectivity index (χ0n) is 20.4. The zero-order chi connectivity index (χ0) is 21.8. The molecule has 0 fully saturated rings. The Hall–Kier alpha value is 1.51. The predicted octanol–water partition coefficient (Wildman–Crippen LogP) is 4.46. The summed E-state index contributed by atoms with van der Waals surface area (Å²) >= 11 is 0. The first-order chi connectivity index (χ1) is 13.9.